The molecular weight excluding hydrogens is 521 g/mol. The fourth-order valence-electron chi connectivity index (χ4n) is 3.82. The third-order valence-corrected chi connectivity index (χ3v) is 8.41. The highest BCUT2D eigenvalue weighted by Crippen LogP contribution is 2.38. The molecule has 1 aromatic carbocycles. The van der Waals surface area contributed by atoms with Crippen molar-refractivity contribution in [3.8, 4) is 5.75 Å². The van der Waals surface area contributed by atoms with E-state index in [0.717, 1.165) is 25.8 Å². The fraction of sp³-hybridized carbons (Fsp3) is 0.458. The summed E-state index contributed by atoms with van der Waals surface area (Å²) in [5, 5.41) is 18.7. The molecule has 0 spiro atoms. The highest BCUT2D eigenvalue weighted by Gasteiger charge is 2.29. The molecule has 1 atom stereocenters. The van der Waals surface area contributed by atoms with Crippen LogP contribution in [0.2, 0.25) is 5.02 Å². The van der Waals surface area contributed by atoms with Gasteiger partial charge < -0.3 is 26.0 Å². The van der Waals surface area contributed by atoms with Gasteiger partial charge in [-0.1, -0.05) is 11.6 Å². The third-order valence-electron chi connectivity index (χ3n) is 6.10. The average molecular weight is 552 g/mol. The fourth-order valence-corrected chi connectivity index (χ4v) is 4.84. The van der Waals surface area contributed by atoms with Crippen LogP contribution >= 0.6 is 11.6 Å². The molecular formula is C24H31ClFN7O3S. The molecule has 1 saturated carbocycles. The summed E-state index contributed by atoms with van der Waals surface area (Å²) < 4.78 is 46.3. The topological polar surface area (TPSA) is 141 Å². The van der Waals surface area contributed by atoms with Gasteiger partial charge in [-0.3, -0.25) is 5.41 Å². The number of hydrogen-bond donors (Lipinski definition) is 5. The first-order chi connectivity index (χ1) is 17.6. The van der Waals surface area contributed by atoms with Crippen molar-refractivity contribution in [3.63, 3.8) is 0 Å². The Morgan fingerprint density at radius 2 is 2.08 bits per heavy atom. The molecule has 13 heteroatoms. The summed E-state index contributed by atoms with van der Waals surface area (Å²) in [6.07, 6.45) is 5.48. The van der Waals surface area contributed by atoms with Gasteiger partial charge in [0.05, 0.1) is 28.9 Å². The number of sulfone groups is 1. The summed E-state index contributed by atoms with van der Waals surface area (Å²) in [7, 11) is -2.29. The lowest BCUT2D eigenvalue weighted by molar-refractivity contribution is 0.303. The minimum Gasteiger partial charge on any atom is -0.488 e. The van der Waals surface area contributed by atoms with Crippen LogP contribution in [0.3, 0.4) is 0 Å². The lowest BCUT2D eigenvalue weighted by Crippen LogP contribution is -2.28. The molecule has 2 aromatic rings. The Hall–Kier alpha value is -2.96. The molecule has 1 unspecified atom stereocenters. The molecule has 1 aromatic heterocycles. The summed E-state index contributed by atoms with van der Waals surface area (Å²) in [4.78, 5) is 8.54. The molecule has 1 saturated heterocycles. The van der Waals surface area contributed by atoms with Crippen molar-refractivity contribution in [2.45, 2.75) is 50.4 Å². The Kier molecular flexibility index (Phi) is 8.20. The van der Waals surface area contributed by atoms with Crippen LogP contribution in [0.15, 0.2) is 30.2 Å². The summed E-state index contributed by atoms with van der Waals surface area (Å²) in [5.74, 6) is 0.401. The smallest absolute Gasteiger partial charge is 0.229 e. The summed E-state index contributed by atoms with van der Waals surface area (Å²) in [6, 6.07) is 3.13. The van der Waals surface area contributed by atoms with E-state index in [9.17, 15) is 8.42 Å². The van der Waals surface area contributed by atoms with E-state index in [1.165, 1.54) is 32.3 Å². The average Bonchev–Trinajstić information content (AvgIpc) is 3.50. The Bertz CT molecular complexity index is 1310. The first-order valence-corrected chi connectivity index (χ1v) is 14.0. The van der Waals surface area contributed by atoms with E-state index < -0.39 is 20.1 Å². The second kappa shape index (κ2) is 11.2. The molecule has 10 nitrogen and oxygen atoms in total. The predicted molar refractivity (Wildman–Crippen MR) is 143 cm³/mol. The molecule has 2 aliphatic rings. The molecule has 200 valence electrons. The quantitative estimate of drug-likeness (QED) is 0.219. The zero-order chi connectivity index (χ0) is 26.7. The van der Waals surface area contributed by atoms with Crippen molar-refractivity contribution in [2.75, 3.05) is 30.8 Å². The van der Waals surface area contributed by atoms with Gasteiger partial charge in [0, 0.05) is 31.8 Å². The standard InChI is InChI=1S/C24H31ClFN7O3S/c1-13(2)37(34,35)22(27)20(12-28-3)31-23-17(25)11-30-24(33-23)32-19-9-18(26)16(14-6-7-29-10-14)8-21(19)36-15-4-5-15/h8-9,11-15,27-29H,4-7,10H2,1-3H3,(H2,30,31,32,33)/b20-12+,27-22?. The van der Waals surface area contributed by atoms with Gasteiger partial charge in [-0.05, 0) is 51.3 Å². The summed E-state index contributed by atoms with van der Waals surface area (Å²) >= 11 is 6.28. The number of halogens is 2. The van der Waals surface area contributed by atoms with Crippen molar-refractivity contribution >= 4 is 43.9 Å². The number of rotatable bonds is 10. The van der Waals surface area contributed by atoms with Crippen LogP contribution in [0.5, 0.6) is 5.75 Å². The molecule has 0 bridgehead atoms. The van der Waals surface area contributed by atoms with E-state index in [1.807, 2.05) is 0 Å². The summed E-state index contributed by atoms with van der Waals surface area (Å²) in [6.45, 7) is 4.55. The largest absolute Gasteiger partial charge is 0.488 e. The van der Waals surface area contributed by atoms with Gasteiger partial charge in [0.2, 0.25) is 5.95 Å². The predicted octanol–water partition coefficient (Wildman–Crippen LogP) is 3.90. The van der Waals surface area contributed by atoms with Crippen molar-refractivity contribution in [1.29, 1.82) is 5.41 Å². The van der Waals surface area contributed by atoms with Gasteiger partial charge in [-0.15, -0.1) is 0 Å². The molecule has 2 fully saturated rings. The van der Waals surface area contributed by atoms with Crippen molar-refractivity contribution in [1.82, 2.24) is 20.6 Å². The normalized spacial score (nSPS) is 18.1. The molecule has 1 aliphatic heterocycles. The van der Waals surface area contributed by atoms with Gasteiger partial charge in [0.25, 0.3) is 0 Å². The number of aromatic nitrogens is 2. The van der Waals surface area contributed by atoms with Crippen LogP contribution < -0.4 is 26.0 Å². The molecule has 37 heavy (non-hydrogen) atoms. The van der Waals surface area contributed by atoms with E-state index >= 15 is 4.39 Å². The zero-order valence-corrected chi connectivity index (χ0v) is 22.4. The number of nitrogens with zero attached hydrogens (tertiary/aromatic N) is 2. The molecule has 0 radical (unpaired) electrons. The van der Waals surface area contributed by atoms with Gasteiger partial charge in [0.15, 0.2) is 20.7 Å². The maximum Gasteiger partial charge on any atom is 0.229 e. The van der Waals surface area contributed by atoms with Crippen molar-refractivity contribution < 1.29 is 17.5 Å². The highest BCUT2D eigenvalue weighted by molar-refractivity contribution is 8.07. The third kappa shape index (κ3) is 6.31. The number of ether oxygens (including phenoxy) is 1. The number of nitrogens with one attached hydrogen (secondary N) is 5. The van der Waals surface area contributed by atoms with E-state index in [4.69, 9.17) is 21.7 Å². The van der Waals surface area contributed by atoms with Crippen LogP contribution in [0, 0.1) is 11.2 Å². The number of anilines is 3. The molecule has 5 N–H and O–H groups in total. The monoisotopic (exact) mass is 551 g/mol. The Balaban J connectivity index is 1.62. The van der Waals surface area contributed by atoms with Gasteiger partial charge in [-0.25, -0.2) is 17.8 Å². The van der Waals surface area contributed by atoms with E-state index in [0.29, 0.717) is 23.5 Å². The Morgan fingerprint density at radius 3 is 2.70 bits per heavy atom. The number of benzene rings is 1. The van der Waals surface area contributed by atoms with Crippen molar-refractivity contribution in [3.05, 3.63) is 46.6 Å². The minimum atomic E-state index is -3.87. The van der Waals surface area contributed by atoms with Gasteiger partial charge in [-0.2, -0.15) is 4.98 Å². The van der Waals surface area contributed by atoms with Crippen LogP contribution in [0.1, 0.15) is 44.6 Å². The van der Waals surface area contributed by atoms with Crippen LogP contribution in [-0.4, -0.2) is 54.9 Å². The van der Waals surface area contributed by atoms with E-state index in [-0.39, 0.29) is 40.3 Å². The minimum absolute atomic E-state index is 0.0407. The maximum absolute atomic E-state index is 15.1. The molecule has 4 rings (SSSR count). The molecule has 0 amide bonds. The van der Waals surface area contributed by atoms with E-state index in [2.05, 4.69) is 31.2 Å². The lowest BCUT2D eigenvalue weighted by Gasteiger charge is -2.18. The van der Waals surface area contributed by atoms with Crippen molar-refractivity contribution in [2.24, 2.45) is 0 Å². The lowest BCUT2D eigenvalue weighted by atomic mass is 9.97. The summed E-state index contributed by atoms with van der Waals surface area (Å²) in [5.41, 5.74) is 0.937. The first-order valence-electron chi connectivity index (χ1n) is 12.1. The van der Waals surface area contributed by atoms with E-state index in [1.54, 1.807) is 13.1 Å². The Labute approximate surface area is 220 Å². The second-order valence-corrected chi connectivity index (χ2v) is 12.1. The molecule has 2 heterocycles. The highest BCUT2D eigenvalue weighted by atomic mass is 35.5. The van der Waals surface area contributed by atoms with Gasteiger partial charge >= 0.3 is 0 Å². The van der Waals surface area contributed by atoms with Crippen LogP contribution in [0.4, 0.5) is 21.8 Å². The number of hydrogen-bond acceptors (Lipinski definition) is 10. The van der Waals surface area contributed by atoms with Gasteiger partial charge in [0.1, 0.15) is 16.6 Å². The SMILES string of the molecule is CN/C=C(/Nc1nc(Nc2cc(F)c(C3CCNC3)cc2OC2CC2)ncc1Cl)C(=N)S(=O)(=O)C(C)C. The first kappa shape index (κ1) is 27.1. The zero-order valence-electron chi connectivity index (χ0n) is 20.9. The Morgan fingerprint density at radius 1 is 1.32 bits per heavy atom. The van der Waals surface area contributed by atoms with Crippen LogP contribution in [0.25, 0.3) is 0 Å². The molecule has 1 aliphatic carbocycles. The second-order valence-electron chi connectivity index (χ2n) is 9.29. The maximum atomic E-state index is 15.1. The van der Waals surface area contributed by atoms with Crippen LogP contribution in [-0.2, 0) is 9.84 Å².